The Morgan fingerprint density at radius 2 is 2.20 bits per heavy atom. The fraction of sp³-hybridized carbons (Fsp3) is 0.611. The van der Waals surface area contributed by atoms with Gasteiger partial charge in [-0.3, -0.25) is 10.6 Å². The average molecular weight is 348 g/mol. The number of rotatable bonds is 5. The van der Waals surface area contributed by atoms with Crippen LogP contribution in [0.2, 0.25) is 0 Å². The fourth-order valence-corrected chi connectivity index (χ4v) is 3.69. The van der Waals surface area contributed by atoms with Crippen molar-refractivity contribution >= 4 is 11.7 Å². The summed E-state index contributed by atoms with van der Waals surface area (Å²) in [6.45, 7) is 4.81. The fourth-order valence-electron chi connectivity index (χ4n) is 3.69. The van der Waals surface area contributed by atoms with E-state index in [4.69, 9.17) is 4.74 Å². The highest BCUT2D eigenvalue weighted by molar-refractivity contribution is 5.89. The minimum atomic E-state index is -0.913. The van der Waals surface area contributed by atoms with Gasteiger partial charge in [-0.15, -0.1) is 0 Å². The van der Waals surface area contributed by atoms with Crippen molar-refractivity contribution < 1.29 is 14.6 Å². The third kappa shape index (κ3) is 4.49. The van der Waals surface area contributed by atoms with Crippen LogP contribution in [0.25, 0.3) is 0 Å². The van der Waals surface area contributed by atoms with E-state index < -0.39 is 5.97 Å². The summed E-state index contributed by atoms with van der Waals surface area (Å²) in [6.07, 6.45) is 2.32. The Bertz CT molecular complexity index is 610. The van der Waals surface area contributed by atoms with E-state index in [1.807, 2.05) is 13.0 Å². The number of carboxylic acid groups (broad SMARTS) is 1. The van der Waals surface area contributed by atoms with Crippen molar-refractivity contribution in [1.29, 1.82) is 0 Å². The molecule has 0 spiro atoms. The first kappa shape index (κ1) is 18.1. The van der Waals surface area contributed by atoms with E-state index in [9.17, 15) is 9.90 Å². The lowest BCUT2D eigenvalue weighted by Gasteiger charge is -2.40. The summed E-state index contributed by atoms with van der Waals surface area (Å²) in [5, 5.41) is 23.1. The number of benzene rings is 1. The maximum absolute atomic E-state index is 11.2. The van der Waals surface area contributed by atoms with E-state index in [-0.39, 0.29) is 12.4 Å². The van der Waals surface area contributed by atoms with Crippen LogP contribution in [-0.4, -0.2) is 56.3 Å². The number of aromatic carboxylic acids is 1. The Kier molecular flexibility index (Phi) is 5.90. The second-order valence-electron chi connectivity index (χ2n) is 6.94. The van der Waals surface area contributed by atoms with E-state index >= 15 is 0 Å². The number of carboxylic acids is 1. The highest BCUT2D eigenvalue weighted by Gasteiger charge is 2.31. The molecule has 2 saturated heterocycles. The molecule has 0 aromatic heterocycles. The van der Waals surface area contributed by atoms with Gasteiger partial charge in [-0.05, 0) is 56.5 Å². The third-order valence-electron chi connectivity index (χ3n) is 5.22. The number of piperidine rings is 1. The van der Waals surface area contributed by atoms with Crippen molar-refractivity contribution in [3.8, 4) is 0 Å². The van der Waals surface area contributed by atoms with Gasteiger partial charge in [0.15, 0.2) is 0 Å². The van der Waals surface area contributed by atoms with Gasteiger partial charge in [-0.2, -0.15) is 0 Å². The normalized spacial score (nSPS) is 30.0. The molecule has 0 amide bonds. The molecule has 2 aliphatic heterocycles. The summed E-state index contributed by atoms with van der Waals surface area (Å²) >= 11 is 0. The van der Waals surface area contributed by atoms with Crippen molar-refractivity contribution in [2.45, 2.75) is 38.2 Å². The Morgan fingerprint density at radius 1 is 1.36 bits per heavy atom. The van der Waals surface area contributed by atoms with Gasteiger partial charge in [0.05, 0.1) is 11.7 Å². The molecular formula is C18H28N4O3. The standard InChI is InChI=1S/C18H28N4O3/c1-11-3-4-12(17(23)24)8-16(11)22-18-20-6-5-15(21-18)13-7-14(25-2)10-19-9-13/h3-4,8,13-15,18-22H,5-7,9-10H2,1-2H3,(H,23,24). The van der Waals surface area contributed by atoms with Crippen LogP contribution >= 0.6 is 0 Å². The molecule has 138 valence electrons. The number of ether oxygens (including phenoxy) is 1. The molecule has 5 N–H and O–H groups in total. The van der Waals surface area contributed by atoms with Crippen LogP contribution in [0, 0.1) is 12.8 Å². The van der Waals surface area contributed by atoms with Crippen molar-refractivity contribution in [2.24, 2.45) is 5.92 Å². The third-order valence-corrected chi connectivity index (χ3v) is 5.22. The summed E-state index contributed by atoms with van der Waals surface area (Å²) in [7, 11) is 1.77. The molecule has 2 aliphatic rings. The largest absolute Gasteiger partial charge is 0.478 e. The van der Waals surface area contributed by atoms with Crippen LogP contribution in [0.3, 0.4) is 0 Å². The number of hydrogen-bond donors (Lipinski definition) is 5. The van der Waals surface area contributed by atoms with Crippen molar-refractivity contribution in [3.63, 3.8) is 0 Å². The molecule has 4 atom stereocenters. The van der Waals surface area contributed by atoms with Gasteiger partial charge in [0, 0.05) is 25.4 Å². The van der Waals surface area contributed by atoms with E-state index in [2.05, 4.69) is 21.3 Å². The number of aryl methyl sites for hydroxylation is 1. The number of nitrogens with one attached hydrogen (secondary N) is 4. The molecule has 1 aromatic carbocycles. The predicted molar refractivity (Wildman–Crippen MR) is 96.9 cm³/mol. The number of methoxy groups -OCH3 is 1. The molecule has 7 heteroatoms. The first-order chi connectivity index (χ1) is 12.1. The number of hydrogen-bond acceptors (Lipinski definition) is 6. The SMILES string of the molecule is COC1CNCC(C2CCNC(Nc3cc(C(=O)O)ccc3C)N2)C1. The summed E-state index contributed by atoms with van der Waals surface area (Å²) in [5.41, 5.74) is 2.15. The molecule has 0 bridgehead atoms. The number of carbonyl (C=O) groups is 1. The first-order valence-corrected chi connectivity index (χ1v) is 8.90. The molecule has 2 fully saturated rings. The predicted octanol–water partition coefficient (Wildman–Crippen LogP) is 0.965. The molecule has 2 heterocycles. The van der Waals surface area contributed by atoms with Crippen LogP contribution in [0.4, 0.5) is 5.69 Å². The van der Waals surface area contributed by atoms with Gasteiger partial charge in [-0.25, -0.2) is 4.79 Å². The highest BCUT2D eigenvalue weighted by atomic mass is 16.5. The highest BCUT2D eigenvalue weighted by Crippen LogP contribution is 2.22. The summed E-state index contributed by atoms with van der Waals surface area (Å²) in [6, 6.07) is 5.55. The minimum Gasteiger partial charge on any atom is -0.478 e. The van der Waals surface area contributed by atoms with Crippen molar-refractivity contribution in [1.82, 2.24) is 16.0 Å². The van der Waals surface area contributed by atoms with E-state index in [0.29, 0.717) is 17.5 Å². The second kappa shape index (κ2) is 8.14. The molecule has 0 saturated carbocycles. The zero-order valence-corrected chi connectivity index (χ0v) is 14.8. The van der Waals surface area contributed by atoms with Crippen LogP contribution in [0.15, 0.2) is 18.2 Å². The lowest BCUT2D eigenvalue weighted by atomic mass is 9.87. The Balaban J connectivity index is 1.64. The molecule has 4 unspecified atom stereocenters. The van der Waals surface area contributed by atoms with Crippen molar-refractivity contribution in [2.75, 3.05) is 32.1 Å². The van der Waals surface area contributed by atoms with Crippen molar-refractivity contribution in [3.05, 3.63) is 29.3 Å². The molecule has 0 radical (unpaired) electrons. The smallest absolute Gasteiger partial charge is 0.335 e. The Hall–Kier alpha value is -1.67. The Labute approximate surface area is 148 Å². The quantitative estimate of drug-likeness (QED) is 0.541. The maximum atomic E-state index is 11.2. The van der Waals surface area contributed by atoms with Gasteiger partial charge in [0.2, 0.25) is 0 Å². The summed E-state index contributed by atoms with van der Waals surface area (Å²) in [4.78, 5) is 11.2. The monoisotopic (exact) mass is 348 g/mol. The second-order valence-corrected chi connectivity index (χ2v) is 6.94. The van der Waals surface area contributed by atoms with Crippen LogP contribution in [-0.2, 0) is 4.74 Å². The molecule has 25 heavy (non-hydrogen) atoms. The van der Waals surface area contributed by atoms with Gasteiger partial charge in [-0.1, -0.05) is 6.07 Å². The van der Waals surface area contributed by atoms with Gasteiger partial charge in [0.25, 0.3) is 0 Å². The van der Waals surface area contributed by atoms with E-state index in [1.165, 1.54) is 0 Å². The zero-order chi connectivity index (χ0) is 17.8. The molecule has 7 nitrogen and oxygen atoms in total. The Morgan fingerprint density at radius 3 is 2.96 bits per heavy atom. The molecule has 0 aliphatic carbocycles. The average Bonchev–Trinajstić information content (AvgIpc) is 2.63. The van der Waals surface area contributed by atoms with Crippen LogP contribution < -0.4 is 21.3 Å². The van der Waals surface area contributed by atoms with E-state index in [0.717, 1.165) is 43.7 Å². The van der Waals surface area contributed by atoms with Crippen LogP contribution in [0.1, 0.15) is 28.8 Å². The van der Waals surface area contributed by atoms with E-state index in [1.54, 1.807) is 19.2 Å². The lowest BCUT2D eigenvalue weighted by molar-refractivity contribution is 0.0483. The van der Waals surface area contributed by atoms with Gasteiger partial charge >= 0.3 is 5.97 Å². The van der Waals surface area contributed by atoms with Gasteiger partial charge < -0.3 is 20.5 Å². The lowest BCUT2D eigenvalue weighted by Crippen LogP contribution is -2.61. The topological polar surface area (TPSA) is 94.7 Å². The zero-order valence-electron chi connectivity index (χ0n) is 14.8. The molecule has 3 rings (SSSR count). The number of anilines is 1. The van der Waals surface area contributed by atoms with Gasteiger partial charge in [0.1, 0.15) is 6.29 Å². The first-order valence-electron chi connectivity index (χ1n) is 8.90. The summed E-state index contributed by atoms with van der Waals surface area (Å²) in [5.74, 6) is -0.388. The summed E-state index contributed by atoms with van der Waals surface area (Å²) < 4.78 is 5.51. The van der Waals surface area contributed by atoms with Crippen LogP contribution in [0.5, 0.6) is 0 Å². The maximum Gasteiger partial charge on any atom is 0.335 e. The molecular weight excluding hydrogens is 320 g/mol. The molecule has 1 aromatic rings. The minimum absolute atomic E-state index is 0.0792.